The summed E-state index contributed by atoms with van der Waals surface area (Å²) in [5.41, 5.74) is 13.7. The maximum absolute atomic E-state index is 14.3. The third-order valence-electron chi connectivity index (χ3n) is 8.68. The summed E-state index contributed by atoms with van der Waals surface area (Å²) in [6.45, 7) is 7.13. The van der Waals surface area contributed by atoms with Gasteiger partial charge in [0.05, 0.1) is 12.2 Å². The highest BCUT2D eigenvalue weighted by Gasteiger charge is 2.55. The summed E-state index contributed by atoms with van der Waals surface area (Å²) in [5, 5.41) is 3.39. The first-order chi connectivity index (χ1) is 18.5. The van der Waals surface area contributed by atoms with E-state index in [9.17, 15) is 9.59 Å². The van der Waals surface area contributed by atoms with Crippen molar-refractivity contribution in [2.75, 3.05) is 6.54 Å². The van der Waals surface area contributed by atoms with Gasteiger partial charge in [0.1, 0.15) is 11.4 Å². The molecule has 208 valence electrons. The number of carbonyl (C=O) groups excluding carboxylic acids is 2. The lowest BCUT2D eigenvalue weighted by atomic mass is 9.69. The summed E-state index contributed by atoms with van der Waals surface area (Å²) >= 11 is 6.16. The summed E-state index contributed by atoms with van der Waals surface area (Å²) in [5.74, 6) is 0.740. The third-order valence-corrected chi connectivity index (χ3v) is 8.93. The van der Waals surface area contributed by atoms with E-state index in [2.05, 4.69) is 31.0 Å². The van der Waals surface area contributed by atoms with Crippen molar-refractivity contribution < 1.29 is 9.59 Å². The summed E-state index contributed by atoms with van der Waals surface area (Å²) in [7, 11) is 0. The second kappa shape index (κ2) is 10.7. The van der Waals surface area contributed by atoms with Crippen LogP contribution in [-0.2, 0) is 4.79 Å². The van der Waals surface area contributed by atoms with Crippen LogP contribution in [0.5, 0.6) is 0 Å². The monoisotopic (exact) mass is 549 g/mol. The Bertz CT molecular complexity index is 1240. The average Bonchev–Trinajstić information content (AvgIpc) is 3.70. The Hall–Kier alpha value is -2.74. The number of aliphatic imine (C=N–C) groups is 1. The number of hydrogen-bond acceptors (Lipinski definition) is 5. The summed E-state index contributed by atoms with van der Waals surface area (Å²) in [6, 6.07) is 15.0. The van der Waals surface area contributed by atoms with E-state index < -0.39 is 11.8 Å². The highest BCUT2D eigenvalue weighted by Crippen LogP contribution is 2.54. The first-order valence-electron chi connectivity index (χ1n) is 14.1. The molecule has 0 aromatic heterocycles. The first kappa shape index (κ1) is 27.8. The molecule has 39 heavy (non-hydrogen) atoms. The zero-order chi connectivity index (χ0) is 27.9. The van der Waals surface area contributed by atoms with E-state index in [1.54, 1.807) is 0 Å². The molecule has 8 heteroatoms. The number of carbonyl (C=O) groups is 2. The molecule has 1 heterocycles. The topological polar surface area (TPSA) is 114 Å². The maximum Gasteiger partial charge on any atom is 0.275 e. The molecule has 1 aliphatic heterocycles. The molecule has 5 N–H and O–H groups in total. The van der Waals surface area contributed by atoms with Crippen molar-refractivity contribution in [2.24, 2.45) is 33.7 Å². The second-order valence-electron chi connectivity index (χ2n) is 12.5. The lowest BCUT2D eigenvalue weighted by Crippen LogP contribution is -2.52. The van der Waals surface area contributed by atoms with Crippen molar-refractivity contribution >= 4 is 29.1 Å². The quantitative estimate of drug-likeness (QED) is 0.420. The van der Waals surface area contributed by atoms with Gasteiger partial charge in [0.25, 0.3) is 11.8 Å². The van der Waals surface area contributed by atoms with Crippen LogP contribution in [0, 0.1) is 17.3 Å². The fourth-order valence-electron chi connectivity index (χ4n) is 6.28. The van der Waals surface area contributed by atoms with E-state index in [1.807, 2.05) is 48.5 Å². The zero-order valence-corrected chi connectivity index (χ0v) is 23.9. The smallest absolute Gasteiger partial charge is 0.275 e. The molecule has 1 unspecified atom stereocenters. The van der Waals surface area contributed by atoms with E-state index in [0.717, 1.165) is 49.7 Å². The Morgan fingerprint density at radius 1 is 1.05 bits per heavy atom. The number of amides is 2. The molecule has 2 aromatic carbocycles. The van der Waals surface area contributed by atoms with E-state index >= 15 is 0 Å². The van der Waals surface area contributed by atoms with Crippen LogP contribution in [-0.4, -0.2) is 40.8 Å². The van der Waals surface area contributed by atoms with Gasteiger partial charge in [-0.15, -0.1) is 0 Å². The molecule has 0 radical (unpaired) electrons. The fraction of sp³-hybridized carbons (Fsp3) is 0.516. The molecule has 2 amide bonds. The SMILES string of the molecule is CC(C)(C)C1CCC2(CC1)N=C(c1ccc(Cl)cc1)C(=O)N2C(c1ccc(C(=O)NCC(N)N)cc1)C1CC1. The van der Waals surface area contributed by atoms with Gasteiger partial charge in [-0.1, -0.05) is 56.6 Å². The summed E-state index contributed by atoms with van der Waals surface area (Å²) in [4.78, 5) is 34.2. The van der Waals surface area contributed by atoms with Gasteiger partial charge in [-0.25, -0.2) is 0 Å². The molecule has 5 rings (SSSR count). The van der Waals surface area contributed by atoms with Crippen LogP contribution in [0.15, 0.2) is 53.5 Å². The van der Waals surface area contributed by atoms with Crippen molar-refractivity contribution in [1.82, 2.24) is 10.2 Å². The van der Waals surface area contributed by atoms with Crippen LogP contribution in [0.1, 0.15) is 86.8 Å². The Morgan fingerprint density at radius 2 is 1.67 bits per heavy atom. The number of benzene rings is 2. The number of halogens is 1. The minimum absolute atomic E-state index is 0.0119. The minimum Gasteiger partial charge on any atom is -0.349 e. The molecule has 0 bridgehead atoms. The normalized spacial score (nSPS) is 24.3. The predicted octanol–water partition coefficient (Wildman–Crippen LogP) is 5.03. The number of nitrogens with zero attached hydrogens (tertiary/aromatic N) is 2. The number of nitrogens with one attached hydrogen (secondary N) is 1. The van der Waals surface area contributed by atoms with E-state index in [1.165, 1.54) is 0 Å². The standard InChI is InChI=1S/C31H40ClN5O2/c1-30(2,3)23-14-16-31(17-15-23)36-26(19-10-12-24(32)13-11-19)29(39)37(31)27(20-4-5-20)21-6-8-22(9-7-21)28(38)35-18-25(33)34/h6-13,20,23,25,27H,4-5,14-18,33-34H2,1-3H3,(H,35,38). The van der Waals surface area contributed by atoms with Crippen molar-refractivity contribution in [3.8, 4) is 0 Å². The van der Waals surface area contributed by atoms with E-state index in [-0.39, 0.29) is 29.8 Å². The molecule has 7 nitrogen and oxygen atoms in total. The van der Waals surface area contributed by atoms with Gasteiger partial charge >= 0.3 is 0 Å². The van der Waals surface area contributed by atoms with Crippen LogP contribution in [0.25, 0.3) is 0 Å². The molecule has 2 aliphatic carbocycles. The number of nitrogens with two attached hydrogens (primary N) is 2. The zero-order valence-electron chi connectivity index (χ0n) is 23.1. The molecule has 2 fully saturated rings. The van der Waals surface area contributed by atoms with Crippen molar-refractivity contribution in [1.29, 1.82) is 0 Å². The van der Waals surface area contributed by atoms with Gasteiger partial charge < -0.3 is 21.7 Å². The van der Waals surface area contributed by atoms with Crippen LogP contribution < -0.4 is 16.8 Å². The molecule has 1 spiro atoms. The van der Waals surface area contributed by atoms with Gasteiger partial charge in [0.2, 0.25) is 0 Å². The summed E-state index contributed by atoms with van der Waals surface area (Å²) < 4.78 is 0. The highest BCUT2D eigenvalue weighted by molar-refractivity contribution is 6.47. The highest BCUT2D eigenvalue weighted by atomic mass is 35.5. The molecule has 0 saturated heterocycles. The van der Waals surface area contributed by atoms with Crippen molar-refractivity contribution in [3.05, 3.63) is 70.2 Å². The van der Waals surface area contributed by atoms with Gasteiger partial charge in [0, 0.05) is 22.7 Å². The Labute approximate surface area is 236 Å². The Morgan fingerprint density at radius 3 is 2.21 bits per heavy atom. The van der Waals surface area contributed by atoms with Crippen molar-refractivity contribution in [3.63, 3.8) is 0 Å². The predicted molar refractivity (Wildman–Crippen MR) is 155 cm³/mol. The van der Waals surface area contributed by atoms with Crippen LogP contribution in [0.3, 0.4) is 0 Å². The summed E-state index contributed by atoms with van der Waals surface area (Å²) in [6.07, 6.45) is 5.30. The number of hydrogen-bond donors (Lipinski definition) is 3. The van der Waals surface area contributed by atoms with Crippen LogP contribution in [0.2, 0.25) is 5.02 Å². The van der Waals surface area contributed by atoms with Gasteiger partial charge in [-0.3, -0.25) is 14.6 Å². The molecule has 2 saturated carbocycles. The van der Waals surface area contributed by atoms with E-state index in [4.69, 9.17) is 28.1 Å². The van der Waals surface area contributed by atoms with Crippen molar-refractivity contribution in [2.45, 2.75) is 77.2 Å². The van der Waals surface area contributed by atoms with Gasteiger partial charge in [-0.2, -0.15) is 0 Å². The molecule has 1 atom stereocenters. The Balaban J connectivity index is 1.49. The molecule has 2 aromatic rings. The average molecular weight is 550 g/mol. The van der Waals surface area contributed by atoms with Gasteiger partial charge in [-0.05, 0) is 85.6 Å². The maximum atomic E-state index is 14.3. The minimum atomic E-state index is -0.604. The van der Waals surface area contributed by atoms with Crippen LogP contribution in [0.4, 0.5) is 0 Å². The third kappa shape index (κ3) is 5.76. The molecular weight excluding hydrogens is 510 g/mol. The van der Waals surface area contributed by atoms with Crippen LogP contribution >= 0.6 is 11.6 Å². The Kier molecular flexibility index (Phi) is 7.61. The fourth-order valence-corrected chi connectivity index (χ4v) is 6.41. The first-order valence-corrected chi connectivity index (χ1v) is 14.4. The van der Waals surface area contributed by atoms with Gasteiger partial charge in [0.15, 0.2) is 0 Å². The lowest BCUT2D eigenvalue weighted by Gasteiger charge is -2.47. The molecular formula is C31H40ClN5O2. The lowest BCUT2D eigenvalue weighted by molar-refractivity contribution is -0.134. The second-order valence-corrected chi connectivity index (χ2v) is 13.0. The van der Waals surface area contributed by atoms with E-state index in [0.29, 0.717) is 28.1 Å². The largest absolute Gasteiger partial charge is 0.349 e. The molecule has 3 aliphatic rings. The number of rotatable bonds is 7.